The topological polar surface area (TPSA) is 57.1 Å². The fourth-order valence-electron chi connectivity index (χ4n) is 3.72. The lowest BCUT2D eigenvalue weighted by molar-refractivity contribution is 0.415. The number of ether oxygens (including phenoxy) is 2. The van der Waals surface area contributed by atoms with E-state index in [1.165, 1.54) is 0 Å². The molecule has 5 heteroatoms. The largest absolute Gasteiger partial charge is 0.497 e. The van der Waals surface area contributed by atoms with Crippen molar-refractivity contribution in [3.63, 3.8) is 0 Å². The Labute approximate surface area is 198 Å². The molecule has 0 amide bonds. The molecule has 0 saturated carbocycles. The summed E-state index contributed by atoms with van der Waals surface area (Å²) in [5.41, 5.74) is 7.01. The first-order valence-corrected chi connectivity index (χ1v) is 10.9. The van der Waals surface area contributed by atoms with Crippen LogP contribution in [-0.4, -0.2) is 29.2 Å². The Bertz CT molecular complexity index is 1310. The summed E-state index contributed by atoms with van der Waals surface area (Å²) in [6.45, 7) is 0. The summed E-state index contributed by atoms with van der Waals surface area (Å²) in [5, 5.41) is 0. The van der Waals surface area contributed by atoms with E-state index >= 15 is 0 Å². The number of benzene rings is 2. The second-order valence-electron chi connectivity index (χ2n) is 7.68. The summed E-state index contributed by atoms with van der Waals surface area (Å²) >= 11 is 0. The first-order chi connectivity index (χ1) is 16.7. The zero-order valence-electron chi connectivity index (χ0n) is 19.0. The number of hydrogen-bond acceptors (Lipinski definition) is 5. The highest BCUT2D eigenvalue weighted by Gasteiger charge is 2.09. The Balaban J connectivity index is 1.46. The van der Waals surface area contributed by atoms with Crippen LogP contribution in [0.1, 0.15) is 0 Å². The molecule has 0 saturated heterocycles. The van der Waals surface area contributed by atoms with Crippen LogP contribution in [0.15, 0.2) is 103 Å². The molecule has 34 heavy (non-hydrogen) atoms. The molecular weight excluding hydrogens is 422 g/mol. The third-order valence-electron chi connectivity index (χ3n) is 5.54. The van der Waals surface area contributed by atoms with E-state index in [0.29, 0.717) is 0 Å². The Morgan fingerprint density at radius 2 is 0.676 bits per heavy atom. The zero-order valence-corrected chi connectivity index (χ0v) is 19.0. The fraction of sp³-hybridized carbons (Fsp3) is 0.0690. The molecular formula is C29H23N3O2. The average Bonchev–Trinajstić information content (AvgIpc) is 2.93. The molecule has 5 aromatic rings. The van der Waals surface area contributed by atoms with Crippen LogP contribution in [0, 0.1) is 0 Å². The first-order valence-electron chi connectivity index (χ1n) is 10.9. The van der Waals surface area contributed by atoms with Gasteiger partial charge in [0.25, 0.3) is 0 Å². The van der Waals surface area contributed by atoms with Crippen LogP contribution < -0.4 is 9.47 Å². The van der Waals surface area contributed by atoms with Crippen molar-refractivity contribution in [2.24, 2.45) is 0 Å². The monoisotopic (exact) mass is 445 g/mol. The van der Waals surface area contributed by atoms with E-state index in [4.69, 9.17) is 24.4 Å². The van der Waals surface area contributed by atoms with E-state index in [0.717, 1.165) is 56.8 Å². The van der Waals surface area contributed by atoms with Crippen LogP contribution in [0.25, 0.3) is 45.3 Å². The van der Waals surface area contributed by atoms with E-state index in [1.807, 2.05) is 103 Å². The van der Waals surface area contributed by atoms with Crippen LogP contribution in [0.5, 0.6) is 11.5 Å². The molecule has 0 unspecified atom stereocenters. The highest BCUT2D eigenvalue weighted by Crippen LogP contribution is 2.27. The van der Waals surface area contributed by atoms with Crippen molar-refractivity contribution < 1.29 is 9.47 Å². The molecule has 0 radical (unpaired) electrons. The van der Waals surface area contributed by atoms with Gasteiger partial charge in [-0.2, -0.15) is 0 Å². The lowest BCUT2D eigenvalue weighted by atomic mass is 10.1. The first kappa shape index (κ1) is 21.3. The van der Waals surface area contributed by atoms with Crippen molar-refractivity contribution in [2.45, 2.75) is 0 Å². The molecule has 3 heterocycles. The number of methoxy groups -OCH3 is 2. The highest BCUT2D eigenvalue weighted by molar-refractivity contribution is 5.68. The van der Waals surface area contributed by atoms with Gasteiger partial charge >= 0.3 is 0 Å². The average molecular weight is 446 g/mol. The Morgan fingerprint density at radius 3 is 1.00 bits per heavy atom. The molecule has 0 aliphatic heterocycles. The molecule has 0 aliphatic rings. The molecule has 0 spiro atoms. The highest BCUT2D eigenvalue weighted by atomic mass is 16.5. The third-order valence-corrected chi connectivity index (χ3v) is 5.54. The van der Waals surface area contributed by atoms with Gasteiger partial charge in [0.1, 0.15) is 11.5 Å². The van der Waals surface area contributed by atoms with Crippen molar-refractivity contribution in [2.75, 3.05) is 14.2 Å². The maximum atomic E-state index is 5.26. The lowest BCUT2D eigenvalue weighted by Gasteiger charge is -2.08. The van der Waals surface area contributed by atoms with Crippen LogP contribution in [-0.2, 0) is 0 Å². The summed E-state index contributed by atoms with van der Waals surface area (Å²) < 4.78 is 10.5. The predicted octanol–water partition coefficient (Wildman–Crippen LogP) is 6.56. The van der Waals surface area contributed by atoms with E-state index in [2.05, 4.69) is 0 Å². The predicted molar refractivity (Wildman–Crippen MR) is 135 cm³/mol. The number of rotatable bonds is 6. The second kappa shape index (κ2) is 9.55. The van der Waals surface area contributed by atoms with Gasteiger partial charge in [-0.25, -0.2) is 15.0 Å². The van der Waals surface area contributed by atoms with E-state index < -0.39 is 0 Å². The van der Waals surface area contributed by atoms with Crippen molar-refractivity contribution >= 4 is 0 Å². The molecule has 166 valence electrons. The minimum absolute atomic E-state index is 0.796. The van der Waals surface area contributed by atoms with Gasteiger partial charge in [0.15, 0.2) is 0 Å². The Morgan fingerprint density at radius 1 is 0.382 bits per heavy atom. The van der Waals surface area contributed by atoms with Gasteiger partial charge in [-0.3, -0.25) is 0 Å². The maximum Gasteiger partial charge on any atom is 0.118 e. The van der Waals surface area contributed by atoms with E-state index in [9.17, 15) is 0 Å². The second-order valence-corrected chi connectivity index (χ2v) is 7.68. The minimum atomic E-state index is 0.796. The molecule has 0 aliphatic carbocycles. The van der Waals surface area contributed by atoms with Crippen LogP contribution in [0.2, 0.25) is 0 Å². The van der Waals surface area contributed by atoms with Gasteiger partial charge in [-0.15, -0.1) is 0 Å². The van der Waals surface area contributed by atoms with Gasteiger partial charge in [0.2, 0.25) is 0 Å². The molecule has 5 nitrogen and oxygen atoms in total. The van der Waals surface area contributed by atoms with Gasteiger partial charge in [-0.05, 0) is 84.9 Å². The smallest absolute Gasteiger partial charge is 0.118 e. The SMILES string of the molecule is COc1ccc(-c2cccc(-c3cccc(-c4cccc(-c5ccc(OC)cc5)n4)n3)n2)cc1. The van der Waals surface area contributed by atoms with Crippen LogP contribution in [0.3, 0.4) is 0 Å². The molecule has 0 bridgehead atoms. The number of hydrogen-bond donors (Lipinski definition) is 0. The summed E-state index contributed by atoms with van der Waals surface area (Å²) in [7, 11) is 3.32. The van der Waals surface area contributed by atoms with Gasteiger partial charge < -0.3 is 9.47 Å². The number of pyridine rings is 3. The molecule has 2 aromatic carbocycles. The third kappa shape index (κ3) is 4.50. The van der Waals surface area contributed by atoms with Crippen molar-refractivity contribution in [1.82, 2.24) is 15.0 Å². The van der Waals surface area contributed by atoms with Crippen LogP contribution in [0.4, 0.5) is 0 Å². The maximum absolute atomic E-state index is 5.26. The van der Waals surface area contributed by atoms with Gasteiger partial charge in [0, 0.05) is 11.1 Å². The molecule has 0 atom stereocenters. The summed E-state index contributed by atoms with van der Waals surface area (Å²) in [6.07, 6.45) is 0. The zero-order chi connectivity index (χ0) is 23.3. The normalized spacial score (nSPS) is 10.6. The Hall–Kier alpha value is -4.51. The summed E-state index contributed by atoms with van der Waals surface area (Å²) in [6, 6.07) is 33.6. The van der Waals surface area contributed by atoms with Gasteiger partial charge in [0.05, 0.1) is 48.4 Å². The Kier molecular flexibility index (Phi) is 5.99. The van der Waals surface area contributed by atoms with Crippen molar-refractivity contribution in [1.29, 1.82) is 0 Å². The minimum Gasteiger partial charge on any atom is -0.497 e. The van der Waals surface area contributed by atoms with Crippen LogP contribution >= 0.6 is 0 Å². The molecule has 0 N–H and O–H groups in total. The molecule has 5 rings (SSSR count). The number of aromatic nitrogens is 3. The van der Waals surface area contributed by atoms with Gasteiger partial charge in [-0.1, -0.05) is 18.2 Å². The molecule has 0 fully saturated rings. The van der Waals surface area contributed by atoms with E-state index in [-0.39, 0.29) is 0 Å². The summed E-state index contributed by atoms with van der Waals surface area (Å²) in [5.74, 6) is 1.64. The lowest BCUT2D eigenvalue weighted by Crippen LogP contribution is -1.94. The number of nitrogens with zero attached hydrogens (tertiary/aromatic N) is 3. The fourth-order valence-corrected chi connectivity index (χ4v) is 3.72. The molecule has 3 aromatic heterocycles. The van der Waals surface area contributed by atoms with E-state index in [1.54, 1.807) is 14.2 Å². The van der Waals surface area contributed by atoms with Crippen molar-refractivity contribution in [3.05, 3.63) is 103 Å². The quantitative estimate of drug-likeness (QED) is 0.296. The van der Waals surface area contributed by atoms with Crippen molar-refractivity contribution in [3.8, 4) is 56.8 Å². The standard InChI is InChI=1S/C29H23N3O2/c1-33-22-16-12-20(13-17-22)24-6-3-8-26(30-24)28-10-5-11-29(32-28)27-9-4-7-25(31-27)21-14-18-23(34-2)19-15-21/h3-19H,1-2H3. The summed E-state index contributed by atoms with van der Waals surface area (Å²) in [4.78, 5) is 14.6.